The molecule has 141 heavy (non-hydrogen) atoms. The molecule has 12 heterocycles. The molecule has 0 aliphatic carbocycles. The van der Waals surface area contributed by atoms with Crippen molar-refractivity contribution in [1.29, 1.82) is 0 Å². The van der Waals surface area contributed by atoms with Crippen LogP contribution in [-0.4, -0.2) is 157 Å². The maximum Gasteiger partial charge on any atom is 1.00 e. The number of hydrogen-bond donors (Lipinski definition) is 3. The minimum absolute atomic E-state index is 0. The summed E-state index contributed by atoms with van der Waals surface area (Å²) in [6.07, 6.45) is -6.87. The van der Waals surface area contributed by atoms with Crippen molar-refractivity contribution in [2.45, 2.75) is 70.4 Å². The van der Waals surface area contributed by atoms with E-state index in [9.17, 15) is 111 Å². The molecule has 0 unspecified atom stereocenters. The first-order valence-corrected chi connectivity index (χ1v) is 40.9. The van der Waals surface area contributed by atoms with Crippen molar-refractivity contribution < 1.29 is 156 Å². The van der Waals surface area contributed by atoms with Crippen molar-refractivity contribution in [3.63, 3.8) is 0 Å². The zero-order valence-corrected chi connectivity index (χ0v) is 74.3. The largest absolute Gasteiger partial charge is 1.00 e. The van der Waals surface area contributed by atoms with E-state index in [2.05, 4.69) is 91.7 Å². The van der Waals surface area contributed by atoms with Crippen LogP contribution in [0.3, 0.4) is 0 Å². The fraction of sp³-hybridized carbons (Fsp3) is 0.148. The SMILES string of the molecule is CCOC(=O)c1cn2cc(-c3cccc(C(F)(F)F)c3)ncc2n1.CCOC(=O)c1cn2cc(Br)ncc2n1.FC(F)c1cn2cc(-c3cccc(C(F)(F)F)c3)ncc2n1.FC(F)c1nc2cnc(-c3cccc(C(F)(F)F)c3)cn2c1Br.O=Cc1cn2cc(-c3cccc(C(F)(F)F)c3)ncc2n1.OB(O)c1cccc(C(F)(F)F)c1.OCc1cn2cc(-c3cccc(C(F)(F)F)c3)ncc2n1.[AlH3].[H-].[Li+]. The molecular formula is C88H63AlBBr2F22LiN18O8. The van der Waals surface area contributed by atoms with Gasteiger partial charge in [0, 0.05) is 96.0 Å². The van der Waals surface area contributed by atoms with E-state index in [0.717, 1.165) is 79.0 Å². The molecule has 728 valence electrons. The standard InChI is InChI=1S/C16H12F3N3O2.C14H7BrF5N3.C14H8F5N3.C14H10F3N3O.C14H8F3N3O.C9H8BrN3O2.C7H6BF3O2.Al.Li.4H/c1-2-24-15(23)13-9-22-8-12(20-7-14(22)21-13)10-4-3-5-11(6-10)16(17,18)19;15-12-11(13(16)17)22-10-5-21-9(6-23(10)12)7-2-1-3-8(4-7)14(18,19)20;15-13(16)11-7-22-6-10(20-5-12(22)21-11)8-2-1-3-9(4-8)14(17,18)19;2*15-14(16,17)10-3-1-2-9(4-10)12-7-20-6-11(8-21)19-13(20)5-18-12;1-2-15-9(14)6-4-13-5-7(10)11-3-8(13)12-6;9-7(10,11)5-2-1-3-6(4-5)8(12)13;;;;;;/h3-9H,2H2,1H3;1-6,13H;1-7,13H;1-7,21H,8H2;1-8H;3-5H,2H2,1H3;1-4,12-13H;;;;;;/q;;;;;;;;+1;;;;-1. The van der Waals surface area contributed by atoms with Gasteiger partial charge in [-0.15, -0.1) is 0 Å². The third kappa shape index (κ3) is 28.3. The van der Waals surface area contributed by atoms with Gasteiger partial charge in [0.05, 0.1) is 125 Å². The maximum atomic E-state index is 12.8. The van der Waals surface area contributed by atoms with Crippen LogP contribution in [0.1, 0.15) is 110 Å². The van der Waals surface area contributed by atoms with E-state index in [-0.39, 0.29) is 112 Å². The normalized spacial score (nSPS) is 11.6. The number of halogens is 24. The summed E-state index contributed by atoms with van der Waals surface area (Å²) in [6.45, 7) is 3.79. The van der Waals surface area contributed by atoms with Crippen molar-refractivity contribution in [1.82, 2.24) is 86.2 Å². The molecule has 0 amide bonds. The van der Waals surface area contributed by atoms with Gasteiger partial charge in [-0.3, -0.25) is 34.1 Å². The molecule has 12 aromatic heterocycles. The molecule has 0 saturated heterocycles. The zero-order chi connectivity index (χ0) is 101. The monoisotopic (exact) mass is 2120 g/mol. The Kier molecular flexibility index (Phi) is 35.6. The van der Waals surface area contributed by atoms with Crippen LogP contribution in [0.25, 0.3) is 90.2 Å². The van der Waals surface area contributed by atoms with Crippen molar-refractivity contribution in [3.8, 4) is 56.3 Å². The molecule has 0 fully saturated rings. The molecule has 0 aliphatic heterocycles. The topological polar surface area (TPSA) is 311 Å². The summed E-state index contributed by atoms with van der Waals surface area (Å²) in [5, 5.41) is 26.2. The van der Waals surface area contributed by atoms with Gasteiger partial charge in [-0.2, -0.15) is 79.0 Å². The molecule has 0 aliphatic rings. The molecule has 53 heteroatoms. The van der Waals surface area contributed by atoms with Crippen molar-refractivity contribution in [3.05, 3.63) is 328 Å². The van der Waals surface area contributed by atoms with E-state index >= 15 is 0 Å². The number of ether oxygens (including phenoxy) is 2. The summed E-state index contributed by atoms with van der Waals surface area (Å²) < 4.78 is 298. The van der Waals surface area contributed by atoms with E-state index in [1.54, 1.807) is 70.2 Å². The Labute approximate surface area is 818 Å². The van der Waals surface area contributed by atoms with E-state index in [0.29, 0.717) is 85.6 Å². The number of rotatable bonds is 14. The summed E-state index contributed by atoms with van der Waals surface area (Å²) in [4.78, 5) is 81.6. The van der Waals surface area contributed by atoms with Crippen LogP contribution in [0.4, 0.5) is 96.6 Å². The minimum atomic E-state index is -4.47. The molecule has 0 saturated carbocycles. The molecule has 0 radical (unpaired) electrons. The molecule has 0 bridgehead atoms. The number of aldehydes is 1. The number of alkyl halides is 22. The third-order valence-corrected chi connectivity index (χ3v) is 20.1. The van der Waals surface area contributed by atoms with Gasteiger partial charge < -0.3 is 48.1 Å². The molecule has 6 aromatic carbocycles. The third-order valence-electron chi connectivity index (χ3n) is 18.9. The van der Waals surface area contributed by atoms with Gasteiger partial charge in [-0.1, -0.05) is 84.9 Å². The summed E-state index contributed by atoms with van der Waals surface area (Å²) in [5.74, 6) is -0.987. The first-order chi connectivity index (χ1) is 65.5. The summed E-state index contributed by atoms with van der Waals surface area (Å²) in [5.41, 5.74) is 0.745. The van der Waals surface area contributed by atoms with Gasteiger partial charge >= 0.3 is 75.0 Å². The first-order valence-electron chi connectivity index (χ1n) is 39.4. The number of carbonyl (C=O) groups excluding carboxylic acids is 3. The van der Waals surface area contributed by atoms with Crippen LogP contribution in [0.5, 0.6) is 0 Å². The zero-order valence-electron chi connectivity index (χ0n) is 72.1. The van der Waals surface area contributed by atoms with Crippen LogP contribution in [-0.2, 0) is 53.1 Å². The molecule has 18 rings (SSSR count). The second kappa shape index (κ2) is 46.0. The Morgan fingerprint density at radius 1 is 0.397 bits per heavy atom. The number of aliphatic hydroxyl groups is 1. The number of aliphatic hydroxyl groups excluding tert-OH is 1. The van der Waals surface area contributed by atoms with Crippen molar-refractivity contribution in [2.24, 2.45) is 0 Å². The summed E-state index contributed by atoms with van der Waals surface area (Å²) in [6, 6.07) is 27.9. The molecule has 26 nitrogen and oxygen atoms in total. The van der Waals surface area contributed by atoms with Gasteiger partial charge in [0.1, 0.15) is 26.3 Å². The Hall–Kier alpha value is -13.9. The van der Waals surface area contributed by atoms with E-state index in [4.69, 9.17) is 24.6 Å². The quantitative estimate of drug-likeness (QED) is 0.0394. The fourth-order valence-corrected chi connectivity index (χ4v) is 13.3. The van der Waals surface area contributed by atoms with Crippen LogP contribution in [0, 0.1) is 0 Å². The number of imidazole rings is 6. The Morgan fingerprint density at radius 3 is 1.07 bits per heavy atom. The minimum Gasteiger partial charge on any atom is -1.00 e. The maximum absolute atomic E-state index is 12.8. The van der Waals surface area contributed by atoms with Crippen LogP contribution in [0.2, 0.25) is 0 Å². The Morgan fingerprint density at radius 2 is 0.716 bits per heavy atom. The predicted octanol–water partition coefficient (Wildman–Crippen LogP) is 17.2. The van der Waals surface area contributed by atoms with Gasteiger partial charge in [0.2, 0.25) is 0 Å². The molecule has 0 spiro atoms. The molecule has 18 aromatic rings. The Balaban J connectivity index is 0.000000186. The predicted molar refractivity (Wildman–Crippen MR) is 471 cm³/mol. The van der Waals surface area contributed by atoms with E-state index in [1.165, 1.54) is 136 Å². The smallest absolute Gasteiger partial charge is 1.00 e. The van der Waals surface area contributed by atoms with Crippen molar-refractivity contribution >= 4 is 114 Å². The van der Waals surface area contributed by atoms with Gasteiger partial charge in [0.25, 0.3) is 12.9 Å². The van der Waals surface area contributed by atoms with Gasteiger partial charge in [-0.05, 0) is 112 Å². The average Bonchev–Trinajstić information content (AvgIpc) is 1.62. The Bertz CT molecular complexity index is 7460. The fourth-order valence-electron chi connectivity index (χ4n) is 12.4. The summed E-state index contributed by atoms with van der Waals surface area (Å²) in [7, 11) is -1.87. The number of carbonyl (C=O) groups is 3. The van der Waals surface area contributed by atoms with Crippen molar-refractivity contribution in [2.75, 3.05) is 13.2 Å². The second-order valence-corrected chi connectivity index (χ2v) is 30.0. The second-order valence-electron chi connectivity index (χ2n) is 28.4. The van der Waals surface area contributed by atoms with E-state index < -0.39 is 114 Å². The van der Waals surface area contributed by atoms with Gasteiger partial charge in [0.15, 0.2) is 68.9 Å². The summed E-state index contributed by atoms with van der Waals surface area (Å²) >= 11 is 6.25. The molecule has 3 N–H and O–H groups in total. The number of benzene rings is 6. The van der Waals surface area contributed by atoms with Crippen LogP contribution < -0.4 is 24.3 Å². The number of esters is 2. The molecule has 0 atom stereocenters. The average molecular weight is 2120 g/mol. The molecular weight excluding hydrogens is 2060 g/mol. The number of aromatic nitrogens is 18. The first kappa shape index (κ1) is 109. The number of hydrogen-bond acceptors (Lipinski definition) is 20. The van der Waals surface area contributed by atoms with Crippen LogP contribution in [0.15, 0.2) is 260 Å². The number of nitrogens with zero attached hydrogens (tertiary/aromatic N) is 18. The van der Waals surface area contributed by atoms with Gasteiger partial charge in [-0.25, -0.2) is 62.0 Å². The number of fused-ring (bicyclic) bond motifs is 6. The van der Waals surface area contributed by atoms with E-state index in [1.807, 2.05) is 0 Å². The van der Waals surface area contributed by atoms with Crippen LogP contribution >= 0.6 is 31.9 Å².